The molecule has 1 aromatic heterocycles. The second kappa shape index (κ2) is 8.25. The molecule has 1 aliphatic heterocycles. The highest BCUT2D eigenvalue weighted by Gasteiger charge is 2.33. The van der Waals surface area contributed by atoms with Crippen LogP contribution in [0.3, 0.4) is 0 Å². The molecule has 0 saturated carbocycles. The van der Waals surface area contributed by atoms with Gasteiger partial charge in [0.15, 0.2) is 5.82 Å². The highest BCUT2D eigenvalue weighted by Crippen LogP contribution is 2.56. The third-order valence-electron chi connectivity index (χ3n) is 4.40. The second-order valence-corrected chi connectivity index (χ2v) is 9.26. The summed E-state index contributed by atoms with van der Waals surface area (Å²) >= 11 is 6.00. The van der Waals surface area contributed by atoms with E-state index in [0.29, 0.717) is 28.8 Å². The summed E-state index contributed by atoms with van der Waals surface area (Å²) in [5, 5.41) is 2.43. The number of nitrogens with one attached hydrogen (secondary N) is 1. The number of halogens is 4. The van der Waals surface area contributed by atoms with Crippen LogP contribution in [0.1, 0.15) is 16.7 Å². The first kappa shape index (κ1) is 21.2. The van der Waals surface area contributed by atoms with Crippen molar-refractivity contribution in [2.75, 3.05) is 5.09 Å². The predicted molar refractivity (Wildman–Crippen MR) is 115 cm³/mol. The molecule has 0 aliphatic carbocycles. The molecule has 2 aromatic carbocycles. The molecular weight excluding hydrogens is 448 g/mol. The van der Waals surface area contributed by atoms with Crippen molar-refractivity contribution >= 4 is 36.2 Å². The summed E-state index contributed by atoms with van der Waals surface area (Å²) < 4.78 is 58.4. The van der Waals surface area contributed by atoms with E-state index in [9.17, 15) is 17.7 Å². The van der Waals surface area contributed by atoms with Crippen LogP contribution in [0.15, 0.2) is 84.6 Å². The fourth-order valence-electron chi connectivity index (χ4n) is 2.93. The number of ether oxygens (including phenoxy) is 1. The van der Waals surface area contributed by atoms with Crippen LogP contribution in [0.4, 0.5) is 19.0 Å². The monoisotopic (exact) mass is 462 g/mol. The Kier molecular flexibility index (Phi) is 5.65. The lowest BCUT2D eigenvalue weighted by Crippen LogP contribution is -2.08. The number of anilines is 1. The molecule has 9 heteroatoms. The number of rotatable bonds is 4. The lowest BCUT2D eigenvalue weighted by molar-refractivity contribution is -0.137. The van der Waals surface area contributed by atoms with Crippen molar-refractivity contribution < 1.29 is 22.5 Å². The molecule has 0 saturated heterocycles. The first-order valence-electron chi connectivity index (χ1n) is 9.08. The Balaban J connectivity index is 1.75. The topological polar surface area (TPSA) is 51.2 Å². The van der Waals surface area contributed by atoms with E-state index >= 15 is 0 Å². The summed E-state index contributed by atoms with van der Waals surface area (Å²) in [5.41, 5.74) is 0.393. The molecule has 31 heavy (non-hydrogen) atoms. The quantitative estimate of drug-likeness (QED) is 0.408. The Morgan fingerprint density at radius 3 is 1.87 bits per heavy atom. The van der Waals surface area contributed by atoms with Gasteiger partial charge >= 0.3 is 6.18 Å². The summed E-state index contributed by atoms with van der Waals surface area (Å²) in [6.45, 7) is 0. The number of alkyl halides is 3. The summed E-state index contributed by atoms with van der Waals surface area (Å²) in [7, 11) is -3.49. The highest BCUT2D eigenvalue weighted by molar-refractivity contribution is 7.72. The van der Waals surface area contributed by atoms with Crippen molar-refractivity contribution in [1.29, 1.82) is 0 Å². The number of aromatic nitrogens is 1. The van der Waals surface area contributed by atoms with Crippen LogP contribution in [0.5, 0.6) is 0 Å². The average molecular weight is 463 g/mol. The summed E-state index contributed by atoms with van der Waals surface area (Å²) in [5.74, 6) is 3.39. The average Bonchev–Trinajstić information content (AvgIpc) is 2.75. The van der Waals surface area contributed by atoms with Crippen LogP contribution in [0.2, 0.25) is 5.02 Å². The second-order valence-electron chi connectivity index (χ2n) is 6.69. The Morgan fingerprint density at radius 2 is 1.42 bits per heavy atom. The van der Waals surface area contributed by atoms with Crippen molar-refractivity contribution in [1.82, 2.24) is 4.98 Å². The van der Waals surface area contributed by atoms with Crippen molar-refractivity contribution in [3.05, 3.63) is 106 Å². The van der Waals surface area contributed by atoms with Crippen LogP contribution in [-0.4, -0.2) is 4.98 Å². The minimum atomic E-state index is -4.58. The highest BCUT2D eigenvalue weighted by atomic mass is 35.5. The van der Waals surface area contributed by atoms with Crippen molar-refractivity contribution in [2.24, 2.45) is 0 Å². The lowest BCUT2D eigenvalue weighted by atomic mass is 10.2. The Labute approximate surface area is 181 Å². The molecule has 4 rings (SSSR count). The first-order valence-corrected chi connectivity index (χ1v) is 11.3. The van der Waals surface area contributed by atoms with Gasteiger partial charge < -0.3 is 9.82 Å². The van der Waals surface area contributed by atoms with Gasteiger partial charge in [-0.15, -0.1) is 0 Å². The van der Waals surface area contributed by atoms with Crippen molar-refractivity contribution in [3.63, 3.8) is 0 Å². The molecule has 0 unspecified atom stereocenters. The van der Waals surface area contributed by atoms with E-state index in [1.807, 2.05) is 36.4 Å². The maximum Gasteiger partial charge on any atom is 0.417 e. The smallest absolute Gasteiger partial charge is 0.417 e. The Bertz CT molecular complexity index is 1150. The third-order valence-corrected chi connectivity index (χ3v) is 6.49. The molecule has 1 aliphatic rings. The van der Waals surface area contributed by atoms with Gasteiger partial charge in [-0.2, -0.15) is 13.2 Å². The number of benzene rings is 2. The van der Waals surface area contributed by atoms with Gasteiger partial charge in [-0.1, -0.05) is 72.3 Å². The Hall–Kier alpha value is -3.02. The molecule has 4 nitrogen and oxygen atoms in total. The number of hydrogen-bond acceptors (Lipinski definition) is 3. The summed E-state index contributed by atoms with van der Waals surface area (Å²) in [6, 6.07) is 18.9. The zero-order chi connectivity index (χ0) is 22.1. The summed E-state index contributed by atoms with van der Waals surface area (Å²) in [4.78, 5) is 3.74. The molecule has 3 aromatic rings. The zero-order valence-corrected chi connectivity index (χ0v) is 17.5. The van der Waals surface area contributed by atoms with E-state index in [1.54, 1.807) is 24.3 Å². The standard InChI is InChI=1S/C22H15ClF3N2O2P/c23-18-11-17(22(24,25)26)12-27-21(18)28-31(29)13-19(15-7-3-1-4-8-15)30-20(14-31)16-9-5-2-6-10-16/h1-14H,(H,27,28,29). The fraction of sp³-hybridized carbons (Fsp3) is 0.0455. The molecule has 0 fully saturated rings. The van der Waals surface area contributed by atoms with E-state index in [4.69, 9.17) is 16.3 Å². The normalized spacial score (nSPS) is 15.5. The van der Waals surface area contributed by atoms with Gasteiger partial charge in [0.25, 0.3) is 0 Å². The van der Waals surface area contributed by atoms with Gasteiger partial charge in [0.2, 0.25) is 7.29 Å². The SMILES string of the molecule is O=P1(Nc2ncc(C(F)(F)F)cc2Cl)C=C(c2ccccc2)OC(c2ccccc2)=C1. The predicted octanol–water partition coefficient (Wildman–Crippen LogP) is 7.47. The van der Waals surface area contributed by atoms with Gasteiger partial charge in [-0.05, 0) is 6.07 Å². The van der Waals surface area contributed by atoms with Gasteiger partial charge in [0, 0.05) is 29.0 Å². The molecule has 0 bridgehead atoms. The molecular formula is C22H15ClF3N2O2P. The molecule has 1 N–H and O–H groups in total. The lowest BCUT2D eigenvalue weighted by Gasteiger charge is -2.24. The molecule has 0 atom stereocenters. The molecule has 0 radical (unpaired) electrons. The van der Waals surface area contributed by atoms with Gasteiger partial charge in [0.05, 0.1) is 10.6 Å². The van der Waals surface area contributed by atoms with E-state index in [2.05, 4.69) is 10.1 Å². The van der Waals surface area contributed by atoms with Gasteiger partial charge in [0.1, 0.15) is 11.5 Å². The zero-order valence-electron chi connectivity index (χ0n) is 15.8. The third kappa shape index (κ3) is 4.84. The molecule has 0 amide bonds. The molecule has 2 heterocycles. The number of nitrogens with zero attached hydrogens (tertiary/aromatic N) is 1. The van der Waals surface area contributed by atoms with E-state index in [0.717, 1.165) is 6.07 Å². The van der Waals surface area contributed by atoms with Crippen LogP contribution in [0, 0.1) is 0 Å². The van der Waals surface area contributed by atoms with Crippen molar-refractivity contribution in [3.8, 4) is 0 Å². The van der Waals surface area contributed by atoms with E-state index in [1.165, 1.54) is 11.6 Å². The Morgan fingerprint density at radius 1 is 0.903 bits per heavy atom. The van der Waals surface area contributed by atoms with E-state index < -0.39 is 19.0 Å². The summed E-state index contributed by atoms with van der Waals surface area (Å²) in [6.07, 6.45) is -3.94. The van der Waals surface area contributed by atoms with Gasteiger partial charge in [-0.25, -0.2) is 4.98 Å². The van der Waals surface area contributed by atoms with Gasteiger partial charge in [-0.3, -0.25) is 4.57 Å². The van der Waals surface area contributed by atoms with Crippen molar-refractivity contribution in [2.45, 2.75) is 6.18 Å². The van der Waals surface area contributed by atoms with E-state index in [-0.39, 0.29) is 10.8 Å². The van der Waals surface area contributed by atoms with Crippen LogP contribution >= 0.6 is 18.9 Å². The minimum Gasteiger partial charge on any atom is -0.456 e. The van der Waals surface area contributed by atoms with Crippen LogP contribution in [-0.2, 0) is 15.5 Å². The van der Waals surface area contributed by atoms with Crippen LogP contribution in [0.25, 0.3) is 11.5 Å². The number of pyridine rings is 1. The maximum atomic E-state index is 13.7. The molecule has 158 valence electrons. The fourth-order valence-corrected chi connectivity index (χ4v) is 5.03. The largest absolute Gasteiger partial charge is 0.456 e. The minimum absolute atomic E-state index is 0.118. The maximum absolute atomic E-state index is 13.7. The van der Waals surface area contributed by atoms with Crippen LogP contribution < -0.4 is 5.09 Å². The first-order chi connectivity index (χ1) is 14.7. The molecule has 0 spiro atoms. The number of hydrogen-bond donors (Lipinski definition) is 1.